The van der Waals surface area contributed by atoms with Crippen LogP contribution in [0.3, 0.4) is 0 Å². The predicted molar refractivity (Wildman–Crippen MR) is 79.4 cm³/mol. The molecule has 0 fully saturated rings. The van der Waals surface area contributed by atoms with Gasteiger partial charge in [-0.2, -0.15) is 0 Å². The summed E-state index contributed by atoms with van der Waals surface area (Å²) in [6.45, 7) is 0.479. The van der Waals surface area contributed by atoms with E-state index < -0.39 is 4.92 Å². The average molecular weight is 339 g/mol. The molecule has 0 heterocycles. The van der Waals surface area contributed by atoms with Crippen LogP contribution in [-0.4, -0.2) is 11.5 Å². The van der Waals surface area contributed by atoms with Gasteiger partial charge in [0.2, 0.25) is 0 Å². The Hall–Kier alpha value is -1.95. The smallest absolute Gasteiger partial charge is 0.272 e. The van der Waals surface area contributed by atoms with Gasteiger partial charge < -0.3 is 5.32 Å². The maximum atomic E-state index is 13.1. The van der Waals surface area contributed by atoms with Crippen LogP contribution in [0.2, 0.25) is 0 Å². The fourth-order valence-corrected chi connectivity index (χ4v) is 2.25. The van der Waals surface area contributed by atoms with Gasteiger partial charge in [0, 0.05) is 22.6 Å². The average Bonchev–Trinajstić information content (AvgIpc) is 2.43. The van der Waals surface area contributed by atoms with Crippen LogP contribution in [0.15, 0.2) is 46.9 Å². The Morgan fingerprint density at radius 1 is 1.25 bits per heavy atom. The molecule has 2 aromatic rings. The summed E-state index contributed by atoms with van der Waals surface area (Å²) in [6, 6.07) is 11.0. The molecule has 0 amide bonds. The fourth-order valence-electron chi connectivity index (χ4n) is 1.87. The van der Waals surface area contributed by atoms with Gasteiger partial charge in [-0.1, -0.05) is 18.2 Å². The molecule has 20 heavy (non-hydrogen) atoms. The summed E-state index contributed by atoms with van der Waals surface area (Å²) in [6.07, 6.45) is 0.486. The van der Waals surface area contributed by atoms with E-state index in [-0.39, 0.29) is 11.5 Å². The molecule has 2 rings (SSSR count). The SMILES string of the molecule is O=[N+]([O-])c1ccccc1CCNc1cc(F)ccc1Br. The van der Waals surface area contributed by atoms with Gasteiger partial charge in [-0.3, -0.25) is 10.1 Å². The van der Waals surface area contributed by atoms with E-state index in [1.807, 2.05) is 0 Å². The third-order valence-corrected chi connectivity index (χ3v) is 3.52. The zero-order valence-corrected chi connectivity index (χ0v) is 12.1. The zero-order valence-electron chi connectivity index (χ0n) is 10.5. The maximum absolute atomic E-state index is 13.1. The Morgan fingerprint density at radius 2 is 2.00 bits per heavy atom. The van der Waals surface area contributed by atoms with E-state index in [1.165, 1.54) is 18.2 Å². The molecule has 0 saturated heterocycles. The third-order valence-electron chi connectivity index (χ3n) is 2.83. The van der Waals surface area contributed by atoms with Crippen molar-refractivity contribution in [2.75, 3.05) is 11.9 Å². The van der Waals surface area contributed by atoms with E-state index in [2.05, 4.69) is 21.2 Å². The molecule has 0 aliphatic rings. The minimum absolute atomic E-state index is 0.104. The van der Waals surface area contributed by atoms with E-state index in [0.29, 0.717) is 24.2 Å². The van der Waals surface area contributed by atoms with E-state index in [1.54, 1.807) is 24.3 Å². The Bertz CT molecular complexity index is 634. The molecule has 2 aromatic carbocycles. The van der Waals surface area contributed by atoms with Gasteiger partial charge >= 0.3 is 0 Å². The lowest BCUT2D eigenvalue weighted by Gasteiger charge is -2.09. The van der Waals surface area contributed by atoms with E-state index in [4.69, 9.17) is 0 Å². The van der Waals surface area contributed by atoms with Crippen LogP contribution in [0.1, 0.15) is 5.56 Å². The predicted octanol–water partition coefficient (Wildman–Crippen LogP) is 4.15. The zero-order chi connectivity index (χ0) is 14.5. The van der Waals surface area contributed by atoms with Crippen LogP contribution in [0.4, 0.5) is 15.8 Å². The van der Waals surface area contributed by atoms with Crippen molar-refractivity contribution < 1.29 is 9.31 Å². The Morgan fingerprint density at radius 3 is 2.75 bits per heavy atom. The molecule has 1 N–H and O–H groups in total. The number of nitro groups is 1. The van der Waals surface area contributed by atoms with Gasteiger partial charge in [0.05, 0.1) is 10.6 Å². The third kappa shape index (κ3) is 3.54. The number of hydrogen-bond acceptors (Lipinski definition) is 3. The van der Waals surface area contributed by atoms with Gasteiger partial charge in [-0.05, 0) is 40.5 Å². The lowest BCUT2D eigenvalue weighted by atomic mass is 10.1. The number of benzene rings is 2. The summed E-state index contributed by atoms with van der Waals surface area (Å²) < 4.78 is 13.9. The lowest BCUT2D eigenvalue weighted by molar-refractivity contribution is -0.385. The number of nitrogens with zero attached hydrogens (tertiary/aromatic N) is 1. The molecule has 0 saturated carbocycles. The Kier molecular flexibility index (Phi) is 4.68. The highest BCUT2D eigenvalue weighted by Crippen LogP contribution is 2.23. The largest absolute Gasteiger partial charge is 0.384 e. The second-order valence-corrected chi connectivity index (χ2v) is 5.04. The van der Waals surface area contributed by atoms with Gasteiger partial charge in [0.25, 0.3) is 5.69 Å². The molecule has 4 nitrogen and oxygen atoms in total. The van der Waals surface area contributed by atoms with Crippen LogP contribution in [-0.2, 0) is 6.42 Å². The van der Waals surface area contributed by atoms with Gasteiger partial charge in [0.1, 0.15) is 5.82 Å². The van der Waals surface area contributed by atoms with E-state index in [0.717, 1.165) is 4.47 Å². The summed E-state index contributed by atoms with van der Waals surface area (Å²) in [7, 11) is 0. The topological polar surface area (TPSA) is 55.2 Å². The van der Waals surface area contributed by atoms with Crippen LogP contribution < -0.4 is 5.32 Å². The molecule has 0 atom stereocenters. The van der Waals surface area contributed by atoms with Crippen molar-refractivity contribution in [3.63, 3.8) is 0 Å². The molecular formula is C14H12BrFN2O2. The molecule has 0 radical (unpaired) electrons. The van der Waals surface area contributed by atoms with Gasteiger partial charge in [-0.25, -0.2) is 4.39 Å². The first-order valence-electron chi connectivity index (χ1n) is 5.99. The first-order chi connectivity index (χ1) is 9.58. The molecular weight excluding hydrogens is 327 g/mol. The molecule has 0 unspecified atom stereocenters. The Labute approximate surface area is 123 Å². The van der Waals surface area contributed by atoms with E-state index in [9.17, 15) is 14.5 Å². The number of hydrogen-bond donors (Lipinski definition) is 1. The number of rotatable bonds is 5. The first kappa shape index (κ1) is 14.5. The molecule has 0 aliphatic carbocycles. The summed E-state index contributed by atoms with van der Waals surface area (Å²) in [5.41, 5.74) is 1.38. The molecule has 0 aliphatic heterocycles. The Balaban J connectivity index is 2.03. The lowest BCUT2D eigenvalue weighted by Crippen LogP contribution is -2.07. The molecule has 104 valence electrons. The number of nitro benzene ring substituents is 1. The quantitative estimate of drug-likeness (QED) is 0.658. The number of para-hydroxylation sites is 1. The number of halogens is 2. The standard InChI is InChI=1S/C14H12BrFN2O2/c15-12-6-5-11(16)9-13(12)17-8-7-10-3-1-2-4-14(10)18(19)20/h1-6,9,17H,7-8H2. The van der Waals surface area contributed by atoms with Crippen molar-refractivity contribution in [1.82, 2.24) is 0 Å². The number of nitrogens with one attached hydrogen (secondary N) is 1. The molecule has 0 aromatic heterocycles. The molecule has 0 spiro atoms. The minimum atomic E-state index is -0.395. The van der Waals surface area contributed by atoms with E-state index >= 15 is 0 Å². The van der Waals surface area contributed by atoms with Gasteiger partial charge in [0.15, 0.2) is 0 Å². The first-order valence-corrected chi connectivity index (χ1v) is 6.78. The van der Waals surface area contributed by atoms with Crippen molar-refractivity contribution in [2.45, 2.75) is 6.42 Å². The summed E-state index contributed by atoms with van der Waals surface area (Å²) in [5.74, 6) is -0.332. The second kappa shape index (κ2) is 6.47. The fraction of sp³-hybridized carbons (Fsp3) is 0.143. The molecule has 0 bridgehead atoms. The highest BCUT2D eigenvalue weighted by Gasteiger charge is 2.11. The second-order valence-electron chi connectivity index (χ2n) is 4.19. The van der Waals surface area contributed by atoms with Crippen molar-refractivity contribution >= 4 is 27.3 Å². The van der Waals surface area contributed by atoms with Crippen LogP contribution in [0, 0.1) is 15.9 Å². The monoisotopic (exact) mass is 338 g/mol. The summed E-state index contributed by atoms with van der Waals surface area (Å²) in [4.78, 5) is 10.5. The van der Waals surface area contributed by atoms with Crippen LogP contribution in [0.5, 0.6) is 0 Å². The maximum Gasteiger partial charge on any atom is 0.272 e. The van der Waals surface area contributed by atoms with Gasteiger partial charge in [-0.15, -0.1) is 0 Å². The number of anilines is 1. The summed E-state index contributed by atoms with van der Waals surface area (Å²) >= 11 is 3.32. The van der Waals surface area contributed by atoms with Crippen LogP contribution in [0.25, 0.3) is 0 Å². The normalized spacial score (nSPS) is 10.3. The van der Waals surface area contributed by atoms with Crippen molar-refractivity contribution in [1.29, 1.82) is 0 Å². The summed E-state index contributed by atoms with van der Waals surface area (Å²) in [5, 5.41) is 13.9. The highest BCUT2D eigenvalue weighted by molar-refractivity contribution is 9.10. The minimum Gasteiger partial charge on any atom is -0.384 e. The highest BCUT2D eigenvalue weighted by atomic mass is 79.9. The van der Waals surface area contributed by atoms with Crippen molar-refractivity contribution in [2.24, 2.45) is 0 Å². The van der Waals surface area contributed by atoms with Crippen LogP contribution >= 0.6 is 15.9 Å². The van der Waals surface area contributed by atoms with Crippen molar-refractivity contribution in [3.05, 3.63) is 68.4 Å². The van der Waals surface area contributed by atoms with Crippen molar-refractivity contribution in [3.8, 4) is 0 Å². The molecule has 6 heteroatoms.